The van der Waals surface area contributed by atoms with Crippen LogP contribution in [0.15, 0.2) is 54.7 Å². The minimum Gasteiger partial charge on any atom is -0.338 e. The molecule has 2 aromatic carbocycles. The molecule has 0 fully saturated rings. The highest BCUT2D eigenvalue weighted by Crippen LogP contribution is 2.24. The number of para-hydroxylation sites is 1. The molecule has 3 heteroatoms. The number of fused-ring (bicyclic) bond motifs is 1. The van der Waals surface area contributed by atoms with Gasteiger partial charge in [-0.3, -0.25) is 4.79 Å². The van der Waals surface area contributed by atoms with Crippen molar-refractivity contribution in [2.24, 2.45) is 0 Å². The van der Waals surface area contributed by atoms with Crippen LogP contribution in [0, 0.1) is 0 Å². The topological polar surface area (TPSA) is 22.0 Å². The Balaban J connectivity index is 1.89. The Labute approximate surface area is 129 Å². The number of halogens is 1. The molecule has 1 heterocycles. The Kier molecular flexibility index (Phi) is 3.80. The van der Waals surface area contributed by atoms with Crippen molar-refractivity contribution in [1.29, 1.82) is 0 Å². The molecule has 0 atom stereocenters. The first kappa shape index (κ1) is 13.9. The van der Waals surface area contributed by atoms with Crippen LogP contribution in [0.3, 0.4) is 0 Å². The van der Waals surface area contributed by atoms with Crippen molar-refractivity contribution in [2.75, 3.05) is 0 Å². The summed E-state index contributed by atoms with van der Waals surface area (Å²) in [4.78, 5) is 12.4. The normalized spacial score (nSPS) is 11.0. The van der Waals surface area contributed by atoms with Gasteiger partial charge in [0.25, 0.3) is 0 Å². The van der Waals surface area contributed by atoms with E-state index in [-0.39, 0.29) is 5.78 Å². The van der Waals surface area contributed by atoms with Gasteiger partial charge < -0.3 is 4.57 Å². The average molecular weight is 298 g/mol. The van der Waals surface area contributed by atoms with Crippen LogP contribution in [0.25, 0.3) is 10.9 Å². The molecule has 21 heavy (non-hydrogen) atoms. The quantitative estimate of drug-likeness (QED) is 0.638. The van der Waals surface area contributed by atoms with Crippen LogP contribution >= 0.6 is 11.6 Å². The zero-order valence-corrected chi connectivity index (χ0v) is 12.6. The Morgan fingerprint density at radius 2 is 1.86 bits per heavy atom. The van der Waals surface area contributed by atoms with Gasteiger partial charge in [0.05, 0.1) is 17.1 Å². The molecule has 3 aromatic rings. The molecule has 2 nitrogen and oxygen atoms in total. The predicted octanol–water partition coefficient (Wildman–Crippen LogP) is 4.74. The lowest BCUT2D eigenvalue weighted by molar-refractivity contribution is 0.0973. The SMILES string of the molecule is CCc1ccc(C(=O)Cn2ccc3cccc(Cl)c32)cc1. The number of hydrogen-bond acceptors (Lipinski definition) is 1. The van der Waals surface area contributed by atoms with Crippen LogP contribution in [-0.4, -0.2) is 10.4 Å². The minimum atomic E-state index is 0.0927. The highest BCUT2D eigenvalue weighted by atomic mass is 35.5. The molecule has 3 rings (SSSR count). The fraction of sp³-hybridized carbons (Fsp3) is 0.167. The van der Waals surface area contributed by atoms with Crippen LogP contribution in [0.5, 0.6) is 0 Å². The number of ketones is 1. The van der Waals surface area contributed by atoms with E-state index in [1.807, 2.05) is 59.3 Å². The number of aryl methyl sites for hydroxylation is 1. The molecule has 0 amide bonds. The second kappa shape index (κ2) is 5.74. The lowest BCUT2D eigenvalue weighted by Crippen LogP contribution is -2.09. The molecule has 0 unspecified atom stereocenters. The van der Waals surface area contributed by atoms with Crippen LogP contribution in [0.1, 0.15) is 22.8 Å². The number of benzene rings is 2. The summed E-state index contributed by atoms with van der Waals surface area (Å²) in [6.07, 6.45) is 2.89. The molecule has 0 aliphatic carbocycles. The second-order valence-electron chi connectivity index (χ2n) is 5.09. The maximum Gasteiger partial charge on any atom is 0.182 e. The van der Waals surface area contributed by atoms with Crippen molar-refractivity contribution < 1.29 is 4.79 Å². The Morgan fingerprint density at radius 3 is 2.57 bits per heavy atom. The number of hydrogen-bond donors (Lipinski definition) is 0. The Morgan fingerprint density at radius 1 is 1.10 bits per heavy atom. The van der Waals surface area contributed by atoms with E-state index in [0.29, 0.717) is 11.6 Å². The highest BCUT2D eigenvalue weighted by Gasteiger charge is 2.10. The molecular formula is C18H16ClNO. The van der Waals surface area contributed by atoms with Gasteiger partial charge in [0.2, 0.25) is 0 Å². The van der Waals surface area contributed by atoms with Gasteiger partial charge in [0, 0.05) is 17.1 Å². The van der Waals surface area contributed by atoms with E-state index in [2.05, 4.69) is 6.92 Å². The summed E-state index contributed by atoms with van der Waals surface area (Å²) in [5, 5.41) is 1.73. The van der Waals surface area contributed by atoms with Crippen molar-refractivity contribution in [3.05, 3.63) is 70.9 Å². The number of carbonyl (C=O) groups is 1. The molecule has 0 saturated carbocycles. The predicted molar refractivity (Wildman–Crippen MR) is 87.1 cm³/mol. The monoisotopic (exact) mass is 297 g/mol. The molecule has 0 N–H and O–H groups in total. The lowest BCUT2D eigenvalue weighted by atomic mass is 10.1. The molecule has 0 radical (unpaired) electrons. The molecule has 0 aliphatic rings. The van der Waals surface area contributed by atoms with Gasteiger partial charge in [-0.2, -0.15) is 0 Å². The number of nitrogens with zero attached hydrogens (tertiary/aromatic N) is 1. The van der Waals surface area contributed by atoms with E-state index in [9.17, 15) is 4.79 Å². The van der Waals surface area contributed by atoms with Crippen molar-refractivity contribution in [3.8, 4) is 0 Å². The summed E-state index contributed by atoms with van der Waals surface area (Å²) in [7, 11) is 0. The maximum atomic E-state index is 12.4. The van der Waals surface area contributed by atoms with Crippen LogP contribution < -0.4 is 0 Å². The number of Topliss-reactive ketones (excluding diaryl/α,β-unsaturated/α-hetero) is 1. The van der Waals surface area contributed by atoms with Crippen molar-refractivity contribution >= 4 is 28.3 Å². The largest absolute Gasteiger partial charge is 0.338 e. The molecule has 106 valence electrons. The third-order valence-corrected chi connectivity index (χ3v) is 4.04. The van der Waals surface area contributed by atoms with Crippen molar-refractivity contribution in [1.82, 2.24) is 4.57 Å². The van der Waals surface area contributed by atoms with Crippen LogP contribution in [-0.2, 0) is 13.0 Å². The van der Waals surface area contributed by atoms with Crippen LogP contribution in [0.4, 0.5) is 0 Å². The highest BCUT2D eigenvalue weighted by molar-refractivity contribution is 6.35. The first-order valence-electron chi connectivity index (χ1n) is 7.04. The summed E-state index contributed by atoms with van der Waals surface area (Å²) >= 11 is 6.24. The van der Waals surface area contributed by atoms with Gasteiger partial charge in [0.15, 0.2) is 5.78 Å². The van der Waals surface area contributed by atoms with Gasteiger partial charge in [-0.1, -0.05) is 54.9 Å². The van der Waals surface area contributed by atoms with E-state index in [0.717, 1.165) is 22.9 Å². The zero-order chi connectivity index (χ0) is 14.8. The lowest BCUT2D eigenvalue weighted by Gasteiger charge is -2.07. The summed E-state index contributed by atoms with van der Waals surface area (Å²) in [5.74, 6) is 0.0927. The van der Waals surface area contributed by atoms with E-state index in [1.165, 1.54) is 5.56 Å². The fourth-order valence-corrected chi connectivity index (χ4v) is 2.81. The number of aromatic nitrogens is 1. The van der Waals surface area contributed by atoms with Crippen molar-refractivity contribution in [2.45, 2.75) is 19.9 Å². The van der Waals surface area contributed by atoms with Gasteiger partial charge in [-0.25, -0.2) is 0 Å². The summed E-state index contributed by atoms with van der Waals surface area (Å²) in [5.41, 5.74) is 2.89. The van der Waals surface area contributed by atoms with E-state index in [1.54, 1.807) is 0 Å². The molecule has 0 bridgehead atoms. The minimum absolute atomic E-state index is 0.0927. The molecule has 1 aromatic heterocycles. The number of carbonyl (C=O) groups excluding carboxylic acids is 1. The molecule has 0 saturated heterocycles. The first-order valence-corrected chi connectivity index (χ1v) is 7.42. The first-order chi connectivity index (χ1) is 10.2. The average Bonchev–Trinajstić information content (AvgIpc) is 2.92. The smallest absolute Gasteiger partial charge is 0.182 e. The third kappa shape index (κ3) is 2.72. The third-order valence-electron chi connectivity index (χ3n) is 3.74. The molecule has 0 aliphatic heterocycles. The summed E-state index contributed by atoms with van der Waals surface area (Å²) in [6, 6.07) is 15.6. The van der Waals surface area contributed by atoms with E-state index < -0.39 is 0 Å². The second-order valence-corrected chi connectivity index (χ2v) is 5.50. The number of rotatable bonds is 4. The summed E-state index contributed by atoms with van der Waals surface area (Å²) in [6.45, 7) is 2.41. The summed E-state index contributed by atoms with van der Waals surface area (Å²) < 4.78 is 1.91. The van der Waals surface area contributed by atoms with E-state index >= 15 is 0 Å². The molecule has 0 spiro atoms. The zero-order valence-electron chi connectivity index (χ0n) is 11.8. The van der Waals surface area contributed by atoms with Crippen LogP contribution in [0.2, 0.25) is 5.02 Å². The Bertz CT molecular complexity index is 787. The fourth-order valence-electron chi connectivity index (χ4n) is 2.52. The standard InChI is InChI=1S/C18H16ClNO/c1-2-13-6-8-14(9-7-13)17(21)12-20-11-10-15-4-3-5-16(19)18(15)20/h3-11H,2,12H2,1H3. The van der Waals surface area contributed by atoms with Gasteiger partial charge >= 0.3 is 0 Å². The van der Waals surface area contributed by atoms with E-state index in [4.69, 9.17) is 11.6 Å². The Hall–Kier alpha value is -2.06. The van der Waals surface area contributed by atoms with Gasteiger partial charge in [0.1, 0.15) is 0 Å². The molecular weight excluding hydrogens is 282 g/mol. The maximum absolute atomic E-state index is 12.4. The van der Waals surface area contributed by atoms with Gasteiger partial charge in [-0.05, 0) is 24.1 Å². The van der Waals surface area contributed by atoms with Gasteiger partial charge in [-0.15, -0.1) is 0 Å². The van der Waals surface area contributed by atoms with Crippen molar-refractivity contribution in [3.63, 3.8) is 0 Å².